The number of nitrogens with two attached hydrogens (primary N) is 1. The Labute approximate surface area is 114 Å². The summed E-state index contributed by atoms with van der Waals surface area (Å²) in [6, 6.07) is 2.06. The lowest BCUT2D eigenvalue weighted by Gasteiger charge is -2.24. The van der Waals surface area contributed by atoms with Crippen molar-refractivity contribution in [2.24, 2.45) is 5.84 Å². The molecule has 0 aliphatic carbocycles. The molecule has 1 aromatic rings. The van der Waals surface area contributed by atoms with Crippen LogP contribution in [-0.4, -0.2) is 28.6 Å². The highest BCUT2D eigenvalue weighted by Crippen LogP contribution is 2.11. The Morgan fingerprint density at radius 1 is 1.53 bits per heavy atom. The smallest absolute Gasteiger partial charge is 0.287 e. The van der Waals surface area contributed by atoms with Crippen molar-refractivity contribution in [1.82, 2.24) is 15.5 Å². The summed E-state index contributed by atoms with van der Waals surface area (Å²) in [5.41, 5.74) is 2.25. The van der Waals surface area contributed by atoms with Crippen molar-refractivity contribution < 1.29 is 9.32 Å². The maximum Gasteiger partial charge on any atom is 0.287 e. The van der Waals surface area contributed by atoms with Gasteiger partial charge in [-0.25, -0.2) is 5.84 Å². The molecule has 3 N–H and O–H groups in total. The van der Waals surface area contributed by atoms with Gasteiger partial charge in [0.2, 0.25) is 0 Å². The minimum Gasteiger partial charge on any atom is -0.359 e. The summed E-state index contributed by atoms with van der Waals surface area (Å²) in [4.78, 5) is 13.6. The second kappa shape index (κ2) is 7.91. The van der Waals surface area contributed by atoms with Crippen LogP contribution in [0.3, 0.4) is 0 Å². The Balaban J connectivity index is 2.58. The maximum absolute atomic E-state index is 11.3. The lowest BCUT2D eigenvalue weighted by atomic mass is 10.2. The minimum absolute atomic E-state index is 0.217. The Bertz CT molecular complexity index is 390. The number of hydrazine groups is 1. The Morgan fingerprint density at radius 3 is 2.84 bits per heavy atom. The van der Waals surface area contributed by atoms with Crippen molar-refractivity contribution >= 4 is 5.91 Å². The van der Waals surface area contributed by atoms with E-state index in [1.165, 1.54) is 19.3 Å². The Hall–Kier alpha value is -1.40. The van der Waals surface area contributed by atoms with Crippen LogP contribution in [0, 0.1) is 0 Å². The molecule has 1 amide bonds. The van der Waals surface area contributed by atoms with E-state index in [1.54, 1.807) is 6.07 Å². The highest BCUT2D eigenvalue weighted by molar-refractivity contribution is 5.91. The van der Waals surface area contributed by atoms with Gasteiger partial charge in [-0.15, -0.1) is 0 Å². The maximum atomic E-state index is 11.3. The molecule has 0 aliphatic heterocycles. The number of rotatable bonds is 8. The molecule has 0 unspecified atom stereocenters. The van der Waals surface area contributed by atoms with Gasteiger partial charge in [-0.3, -0.25) is 15.1 Å². The molecule has 1 rings (SSSR count). The fourth-order valence-electron chi connectivity index (χ4n) is 1.85. The van der Waals surface area contributed by atoms with E-state index >= 15 is 0 Å². The van der Waals surface area contributed by atoms with Crippen LogP contribution in [0.1, 0.15) is 56.3 Å². The fraction of sp³-hybridized carbons (Fsp3) is 0.692. The van der Waals surface area contributed by atoms with Crippen LogP contribution >= 0.6 is 0 Å². The summed E-state index contributed by atoms with van der Waals surface area (Å²) in [7, 11) is 0. The Kier molecular flexibility index (Phi) is 6.52. The number of aromatic nitrogens is 1. The summed E-state index contributed by atoms with van der Waals surface area (Å²) in [6.07, 6.45) is 3.59. The third-order valence-corrected chi connectivity index (χ3v) is 3.06. The van der Waals surface area contributed by atoms with Crippen molar-refractivity contribution in [3.05, 3.63) is 17.5 Å². The second-order valence-electron chi connectivity index (χ2n) is 4.92. The van der Waals surface area contributed by atoms with Crippen molar-refractivity contribution in [2.45, 2.75) is 52.6 Å². The number of amides is 1. The first-order valence-electron chi connectivity index (χ1n) is 6.79. The molecule has 6 heteroatoms. The molecule has 0 saturated heterocycles. The van der Waals surface area contributed by atoms with Crippen LogP contribution in [0.25, 0.3) is 0 Å². The largest absolute Gasteiger partial charge is 0.359 e. The van der Waals surface area contributed by atoms with Crippen LogP contribution in [-0.2, 0) is 6.54 Å². The molecular formula is C13H24N4O2. The number of unbranched alkanes of at least 4 members (excludes halogenated alkanes) is 2. The van der Waals surface area contributed by atoms with Gasteiger partial charge in [-0.05, 0) is 26.8 Å². The summed E-state index contributed by atoms with van der Waals surface area (Å²) in [5, 5.41) is 3.70. The molecule has 108 valence electrons. The number of carbonyl (C=O) groups excluding carboxylic acids is 1. The molecule has 0 fully saturated rings. The molecule has 0 bridgehead atoms. The summed E-state index contributed by atoms with van der Waals surface area (Å²) < 4.78 is 5.17. The summed E-state index contributed by atoms with van der Waals surface area (Å²) in [5.74, 6) is 5.30. The zero-order valence-electron chi connectivity index (χ0n) is 12.0. The van der Waals surface area contributed by atoms with Gasteiger partial charge in [-0.1, -0.05) is 24.9 Å². The van der Waals surface area contributed by atoms with Gasteiger partial charge in [0.1, 0.15) is 0 Å². The van der Waals surface area contributed by atoms with Crippen molar-refractivity contribution in [3.8, 4) is 0 Å². The van der Waals surface area contributed by atoms with Gasteiger partial charge in [0.05, 0.1) is 6.54 Å². The number of nitrogens with zero attached hydrogens (tertiary/aromatic N) is 2. The van der Waals surface area contributed by atoms with Crippen LogP contribution in [0.5, 0.6) is 0 Å². The first kappa shape index (κ1) is 15.7. The number of nitrogens with one attached hydrogen (secondary N) is 1. The Morgan fingerprint density at radius 2 is 2.26 bits per heavy atom. The van der Waals surface area contributed by atoms with Crippen LogP contribution < -0.4 is 11.3 Å². The molecule has 19 heavy (non-hydrogen) atoms. The van der Waals surface area contributed by atoms with Crippen molar-refractivity contribution in [1.29, 1.82) is 0 Å². The van der Waals surface area contributed by atoms with Gasteiger partial charge < -0.3 is 4.52 Å². The van der Waals surface area contributed by atoms with E-state index in [1.807, 2.05) is 5.43 Å². The standard InChI is InChI=1S/C13H24N4O2/c1-4-5-6-7-17(10(2)3)9-11-8-12(16-19-11)13(18)15-14/h8,10H,4-7,9,14H2,1-3H3,(H,15,18). The monoisotopic (exact) mass is 268 g/mol. The van der Waals surface area contributed by atoms with E-state index < -0.39 is 5.91 Å². The molecule has 0 saturated carbocycles. The number of hydrogen-bond donors (Lipinski definition) is 2. The lowest BCUT2D eigenvalue weighted by molar-refractivity contribution is 0.0944. The van der Waals surface area contributed by atoms with Crippen LogP contribution in [0.4, 0.5) is 0 Å². The molecular weight excluding hydrogens is 244 g/mol. The zero-order chi connectivity index (χ0) is 14.3. The van der Waals surface area contributed by atoms with E-state index in [0.29, 0.717) is 18.3 Å². The summed E-state index contributed by atoms with van der Waals surface area (Å²) >= 11 is 0. The molecule has 0 spiro atoms. The SMILES string of the molecule is CCCCCN(Cc1cc(C(=O)NN)no1)C(C)C. The summed E-state index contributed by atoms with van der Waals surface area (Å²) in [6.45, 7) is 8.16. The molecule has 0 aliphatic rings. The first-order valence-corrected chi connectivity index (χ1v) is 6.79. The lowest BCUT2D eigenvalue weighted by Crippen LogP contribution is -2.31. The first-order chi connectivity index (χ1) is 9.08. The number of nitrogen functional groups attached to an aromatic ring is 1. The fourth-order valence-corrected chi connectivity index (χ4v) is 1.85. The van der Waals surface area contributed by atoms with Crippen LogP contribution in [0.2, 0.25) is 0 Å². The molecule has 0 atom stereocenters. The molecule has 6 nitrogen and oxygen atoms in total. The van der Waals surface area contributed by atoms with Gasteiger partial charge in [0, 0.05) is 12.1 Å². The zero-order valence-corrected chi connectivity index (χ0v) is 12.0. The van der Waals surface area contributed by atoms with Gasteiger partial charge in [0.15, 0.2) is 11.5 Å². The van der Waals surface area contributed by atoms with Crippen LogP contribution in [0.15, 0.2) is 10.6 Å². The normalized spacial score (nSPS) is 11.3. The molecule has 1 aromatic heterocycles. The van der Waals surface area contributed by atoms with Crippen molar-refractivity contribution in [3.63, 3.8) is 0 Å². The topological polar surface area (TPSA) is 84.4 Å². The second-order valence-corrected chi connectivity index (χ2v) is 4.92. The predicted octanol–water partition coefficient (Wildman–Crippen LogP) is 1.68. The van der Waals surface area contributed by atoms with E-state index in [2.05, 4.69) is 30.8 Å². The van der Waals surface area contributed by atoms with E-state index in [0.717, 1.165) is 6.54 Å². The van der Waals surface area contributed by atoms with Gasteiger partial charge in [-0.2, -0.15) is 0 Å². The van der Waals surface area contributed by atoms with Gasteiger partial charge in [0.25, 0.3) is 5.91 Å². The van der Waals surface area contributed by atoms with E-state index in [9.17, 15) is 4.79 Å². The quantitative estimate of drug-likeness (QED) is 0.324. The molecule has 0 aromatic carbocycles. The van der Waals surface area contributed by atoms with E-state index in [-0.39, 0.29) is 5.69 Å². The van der Waals surface area contributed by atoms with Gasteiger partial charge >= 0.3 is 0 Å². The van der Waals surface area contributed by atoms with E-state index in [4.69, 9.17) is 10.4 Å². The third-order valence-electron chi connectivity index (χ3n) is 3.06. The average molecular weight is 268 g/mol. The average Bonchev–Trinajstić information content (AvgIpc) is 2.85. The minimum atomic E-state index is -0.433. The third kappa shape index (κ3) is 5.00. The van der Waals surface area contributed by atoms with Crippen molar-refractivity contribution in [2.75, 3.05) is 6.54 Å². The highest BCUT2D eigenvalue weighted by Gasteiger charge is 2.15. The molecule has 0 radical (unpaired) electrons. The molecule has 1 heterocycles. The number of carbonyl (C=O) groups is 1. The predicted molar refractivity (Wildman–Crippen MR) is 73.2 cm³/mol. The highest BCUT2D eigenvalue weighted by atomic mass is 16.5. The number of hydrogen-bond acceptors (Lipinski definition) is 5.